The molecule has 1 aromatic carbocycles. The van der Waals surface area contributed by atoms with Crippen molar-refractivity contribution in [1.82, 2.24) is 15.4 Å². The lowest BCUT2D eigenvalue weighted by Gasteiger charge is -1.98. The first kappa shape index (κ1) is 17.0. The van der Waals surface area contributed by atoms with E-state index in [1.807, 2.05) is 31.2 Å². The Morgan fingerprint density at radius 1 is 1.31 bits per heavy atom. The van der Waals surface area contributed by atoms with Gasteiger partial charge in [0.25, 0.3) is 0 Å². The predicted molar refractivity (Wildman–Crippen MR) is 103 cm³/mol. The third kappa shape index (κ3) is 4.41. The first-order chi connectivity index (χ1) is 12.7. The molecule has 0 saturated heterocycles. The number of thioether (sulfide) groups is 1. The minimum absolute atomic E-state index is 0.173. The van der Waals surface area contributed by atoms with Gasteiger partial charge in [-0.1, -0.05) is 58.1 Å². The highest BCUT2D eigenvalue weighted by molar-refractivity contribution is 8.01. The number of anilines is 2. The SMILES string of the molecule is Cc1ccc(-c2cc(NC(=O)CSc3nnc(NC4CC4)s3)on2)cc1. The molecule has 1 fully saturated rings. The second kappa shape index (κ2) is 7.46. The van der Waals surface area contributed by atoms with Gasteiger partial charge in [0.1, 0.15) is 5.69 Å². The summed E-state index contributed by atoms with van der Waals surface area (Å²) >= 11 is 2.82. The van der Waals surface area contributed by atoms with Crippen molar-refractivity contribution in [3.8, 4) is 11.3 Å². The molecule has 0 spiro atoms. The molecule has 0 radical (unpaired) electrons. The fraction of sp³-hybridized carbons (Fsp3) is 0.294. The van der Waals surface area contributed by atoms with E-state index < -0.39 is 0 Å². The average molecular weight is 387 g/mol. The van der Waals surface area contributed by atoms with Gasteiger partial charge in [0.2, 0.25) is 16.9 Å². The molecule has 0 atom stereocenters. The molecular formula is C17H17N5O2S2. The van der Waals surface area contributed by atoms with Gasteiger partial charge in [0.05, 0.1) is 5.75 Å². The molecule has 0 bridgehead atoms. The fourth-order valence-corrected chi connectivity index (χ4v) is 3.85. The second-order valence-electron chi connectivity index (χ2n) is 6.07. The Bertz CT molecular complexity index is 902. The average Bonchev–Trinajstić information content (AvgIpc) is 3.13. The zero-order valence-corrected chi connectivity index (χ0v) is 15.7. The van der Waals surface area contributed by atoms with Crippen molar-refractivity contribution in [3.63, 3.8) is 0 Å². The zero-order chi connectivity index (χ0) is 17.9. The van der Waals surface area contributed by atoms with Crippen LogP contribution in [0, 0.1) is 6.92 Å². The van der Waals surface area contributed by atoms with Gasteiger partial charge in [-0.05, 0) is 19.8 Å². The van der Waals surface area contributed by atoms with Crippen LogP contribution in [0.4, 0.5) is 11.0 Å². The van der Waals surface area contributed by atoms with Crippen LogP contribution in [0.3, 0.4) is 0 Å². The molecule has 9 heteroatoms. The lowest BCUT2D eigenvalue weighted by atomic mass is 10.1. The van der Waals surface area contributed by atoms with Crippen molar-refractivity contribution in [3.05, 3.63) is 35.9 Å². The van der Waals surface area contributed by atoms with Crippen molar-refractivity contribution in [2.45, 2.75) is 30.1 Å². The summed E-state index contributed by atoms with van der Waals surface area (Å²) in [5.74, 6) is 0.395. The largest absolute Gasteiger partial charge is 0.357 e. The molecule has 3 aromatic rings. The summed E-state index contributed by atoms with van der Waals surface area (Å²) in [6.07, 6.45) is 2.37. The molecule has 1 amide bonds. The summed E-state index contributed by atoms with van der Waals surface area (Å²) < 4.78 is 5.97. The molecule has 1 aliphatic carbocycles. The van der Waals surface area contributed by atoms with Crippen LogP contribution in [0.5, 0.6) is 0 Å². The molecule has 134 valence electrons. The van der Waals surface area contributed by atoms with Crippen LogP contribution in [0.2, 0.25) is 0 Å². The van der Waals surface area contributed by atoms with Crippen LogP contribution in [-0.2, 0) is 4.79 Å². The van der Waals surface area contributed by atoms with E-state index in [1.165, 1.54) is 41.5 Å². The summed E-state index contributed by atoms with van der Waals surface area (Å²) in [5, 5.41) is 19.0. The topological polar surface area (TPSA) is 92.9 Å². The number of aryl methyl sites for hydroxylation is 1. The van der Waals surface area contributed by atoms with Gasteiger partial charge in [0.15, 0.2) is 4.34 Å². The number of carbonyl (C=O) groups excluding carboxylic acids is 1. The van der Waals surface area contributed by atoms with Crippen molar-refractivity contribution in [1.29, 1.82) is 0 Å². The summed E-state index contributed by atoms with van der Waals surface area (Å²) in [7, 11) is 0. The summed E-state index contributed by atoms with van der Waals surface area (Å²) in [5.41, 5.74) is 2.81. The quantitative estimate of drug-likeness (QED) is 0.596. The molecule has 2 aromatic heterocycles. The van der Waals surface area contributed by atoms with Crippen molar-refractivity contribution >= 4 is 40.0 Å². The van der Waals surface area contributed by atoms with E-state index in [0.29, 0.717) is 17.6 Å². The van der Waals surface area contributed by atoms with Gasteiger partial charge < -0.3 is 9.84 Å². The Morgan fingerprint density at radius 2 is 2.12 bits per heavy atom. The molecule has 1 saturated carbocycles. The first-order valence-electron chi connectivity index (χ1n) is 8.22. The number of rotatable bonds is 7. The number of carbonyl (C=O) groups is 1. The number of benzene rings is 1. The molecule has 0 unspecified atom stereocenters. The van der Waals surface area contributed by atoms with E-state index in [1.54, 1.807) is 6.07 Å². The summed E-state index contributed by atoms with van der Waals surface area (Å²) in [6.45, 7) is 2.03. The van der Waals surface area contributed by atoms with Crippen LogP contribution < -0.4 is 10.6 Å². The number of nitrogens with one attached hydrogen (secondary N) is 2. The molecule has 26 heavy (non-hydrogen) atoms. The normalized spacial score (nSPS) is 13.6. The maximum Gasteiger partial charge on any atom is 0.237 e. The van der Waals surface area contributed by atoms with Crippen LogP contribution in [0.1, 0.15) is 18.4 Å². The van der Waals surface area contributed by atoms with Crippen LogP contribution in [0.15, 0.2) is 39.2 Å². The number of hydrogen-bond donors (Lipinski definition) is 2. The van der Waals surface area contributed by atoms with E-state index in [4.69, 9.17) is 4.52 Å². The van der Waals surface area contributed by atoms with Crippen molar-refractivity contribution < 1.29 is 9.32 Å². The zero-order valence-electron chi connectivity index (χ0n) is 14.1. The highest BCUT2D eigenvalue weighted by Crippen LogP contribution is 2.30. The minimum Gasteiger partial charge on any atom is -0.357 e. The van der Waals surface area contributed by atoms with Crippen LogP contribution >= 0.6 is 23.1 Å². The number of hydrogen-bond acceptors (Lipinski definition) is 8. The molecule has 2 N–H and O–H groups in total. The smallest absolute Gasteiger partial charge is 0.237 e. The van der Waals surface area contributed by atoms with Gasteiger partial charge in [-0.25, -0.2) is 0 Å². The van der Waals surface area contributed by atoms with Crippen molar-refractivity contribution in [2.24, 2.45) is 0 Å². The highest BCUT2D eigenvalue weighted by atomic mass is 32.2. The Balaban J connectivity index is 1.29. The lowest BCUT2D eigenvalue weighted by Crippen LogP contribution is -2.13. The molecule has 7 nitrogen and oxygen atoms in total. The van der Waals surface area contributed by atoms with Gasteiger partial charge in [-0.3, -0.25) is 10.1 Å². The van der Waals surface area contributed by atoms with E-state index in [0.717, 1.165) is 15.0 Å². The highest BCUT2D eigenvalue weighted by Gasteiger charge is 2.22. The molecule has 2 heterocycles. The Morgan fingerprint density at radius 3 is 2.88 bits per heavy atom. The number of amides is 1. The lowest BCUT2D eigenvalue weighted by molar-refractivity contribution is -0.113. The summed E-state index contributed by atoms with van der Waals surface area (Å²) in [4.78, 5) is 12.1. The predicted octanol–water partition coefficient (Wildman–Crippen LogP) is 3.81. The van der Waals surface area contributed by atoms with E-state index in [-0.39, 0.29) is 11.7 Å². The Kier molecular flexibility index (Phi) is 4.89. The number of nitrogens with zero attached hydrogens (tertiary/aromatic N) is 3. The van der Waals surface area contributed by atoms with Gasteiger partial charge in [-0.15, -0.1) is 10.2 Å². The standard InChI is InChI=1S/C17H17N5O2S2/c1-10-2-4-11(5-3-10)13-8-15(24-22-13)19-14(23)9-25-17-21-20-16(26-17)18-12-6-7-12/h2-5,8,12H,6-7,9H2,1H3,(H,18,20)(H,19,23). The maximum absolute atomic E-state index is 12.1. The van der Waals surface area contributed by atoms with Gasteiger partial charge in [0, 0.05) is 17.7 Å². The first-order valence-corrected chi connectivity index (χ1v) is 10.0. The van der Waals surface area contributed by atoms with Gasteiger partial charge >= 0.3 is 0 Å². The summed E-state index contributed by atoms with van der Waals surface area (Å²) in [6, 6.07) is 10.2. The maximum atomic E-state index is 12.1. The molecule has 4 rings (SSSR count). The Labute approximate surface area is 158 Å². The van der Waals surface area contributed by atoms with Gasteiger partial charge in [-0.2, -0.15) is 0 Å². The second-order valence-corrected chi connectivity index (χ2v) is 8.27. The third-order valence-electron chi connectivity index (χ3n) is 3.76. The van der Waals surface area contributed by atoms with Crippen molar-refractivity contribution in [2.75, 3.05) is 16.4 Å². The third-order valence-corrected chi connectivity index (χ3v) is 5.75. The minimum atomic E-state index is -0.173. The monoisotopic (exact) mass is 387 g/mol. The molecule has 1 aliphatic rings. The van der Waals surface area contributed by atoms with E-state index >= 15 is 0 Å². The Hall–Kier alpha value is -2.39. The van der Waals surface area contributed by atoms with Crippen LogP contribution in [0.25, 0.3) is 11.3 Å². The van der Waals surface area contributed by atoms with Crippen LogP contribution in [-0.4, -0.2) is 33.1 Å². The molecular weight excluding hydrogens is 370 g/mol. The number of aromatic nitrogens is 3. The van der Waals surface area contributed by atoms with E-state index in [2.05, 4.69) is 26.0 Å². The van der Waals surface area contributed by atoms with E-state index in [9.17, 15) is 4.79 Å². The fourth-order valence-electron chi connectivity index (χ4n) is 2.22. The molecule has 0 aliphatic heterocycles.